The minimum absolute atomic E-state index is 0. The molecule has 2 aliphatic heterocycles. The van der Waals surface area contributed by atoms with E-state index in [0.717, 1.165) is 31.4 Å². The van der Waals surface area contributed by atoms with E-state index in [1.807, 2.05) is 0 Å². The monoisotopic (exact) mass is 379 g/mol. The highest BCUT2D eigenvalue weighted by molar-refractivity contribution is 5.85. The molecule has 0 radical (unpaired) electrons. The molecule has 1 aromatic heterocycles. The van der Waals surface area contributed by atoms with E-state index in [2.05, 4.69) is 19.9 Å². The van der Waals surface area contributed by atoms with E-state index in [9.17, 15) is 0 Å². The van der Waals surface area contributed by atoms with Crippen LogP contribution in [0.2, 0.25) is 0 Å². The van der Waals surface area contributed by atoms with Crippen LogP contribution in [0.15, 0.2) is 4.52 Å². The summed E-state index contributed by atoms with van der Waals surface area (Å²) in [7, 11) is 0. The minimum Gasteiger partial charge on any atom is -0.338 e. The average Bonchev–Trinajstić information content (AvgIpc) is 2.83. The fourth-order valence-corrected chi connectivity index (χ4v) is 3.77. The Balaban J connectivity index is 0.00000144. The zero-order valence-electron chi connectivity index (χ0n) is 14.4. The van der Waals surface area contributed by atoms with Crippen LogP contribution in [0.25, 0.3) is 0 Å². The number of likely N-dealkylation sites (tertiary alicyclic amines) is 2. The van der Waals surface area contributed by atoms with Gasteiger partial charge in [-0.25, -0.2) is 0 Å². The van der Waals surface area contributed by atoms with Crippen molar-refractivity contribution in [1.29, 1.82) is 0 Å². The Kier molecular flexibility index (Phi) is 10.2. The third kappa shape index (κ3) is 6.48. The number of rotatable bonds is 5. The third-order valence-corrected chi connectivity index (χ3v) is 4.87. The number of hydrogen-bond acceptors (Lipinski definition) is 6. The molecule has 0 saturated carbocycles. The number of nitrogens with zero attached hydrogens (tertiary/aromatic N) is 4. The number of aromatic nitrogens is 2. The lowest BCUT2D eigenvalue weighted by molar-refractivity contribution is 0.126. The predicted molar refractivity (Wildman–Crippen MR) is 99.6 cm³/mol. The molecule has 0 bridgehead atoms. The van der Waals surface area contributed by atoms with E-state index in [4.69, 9.17) is 10.3 Å². The van der Waals surface area contributed by atoms with Gasteiger partial charge in [-0.2, -0.15) is 4.98 Å². The molecule has 2 saturated heterocycles. The standard InChI is InChI=1S/C16H29N5O.2ClH/c17-10-16-18-15(19-22-16)13-21-9-5-6-14(12-21)11-20-7-3-1-2-4-8-20;;/h14H,1-13,17H2;2*1H. The summed E-state index contributed by atoms with van der Waals surface area (Å²) < 4.78 is 5.10. The van der Waals surface area contributed by atoms with Gasteiger partial charge in [-0.05, 0) is 51.2 Å². The zero-order chi connectivity index (χ0) is 15.2. The SMILES string of the molecule is Cl.Cl.NCc1nc(CN2CCCC(CN3CCCCCC3)C2)no1. The van der Waals surface area contributed by atoms with Gasteiger partial charge in [0.05, 0.1) is 13.1 Å². The summed E-state index contributed by atoms with van der Waals surface area (Å²) in [6, 6.07) is 0. The smallest absolute Gasteiger partial charge is 0.240 e. The molecule has 140 valence electrons. The predicted octanol–water partition coefficient (Wildman–Crippen LogP) is 2.46. The maximum Gasteiger partial charge on any atom is 0.240 e. The van der Waals surface area contributed by atoms with Gasteiger partial charge in [0.1, 0.15) is 0 Å². The van der Waals surface area contributed by atoms with Crippen LogP contribution in [-0.2, 0) is 13.1 Å². The Labute approximate surface area is 157 Å². The Hall–Kier alpha value is -0.400. The van der Waals surface area contributed by atoms with Crippen LogP contribution in [0.5, 0.6) is 0 Å². The normalized spacial score (nSPS) is 23.1. The van der Waals surface area contributed by atoms with Gasteiger partial charge in [0.2, 0.25) is 5.89 Å². The van der Waals surface area contributed by atoms with Crippen LogP contribution in [0.1, 0.15) is 50.2 Å². The first kappa shape index (κ1) is 21.6. The average molecular weight is 380 g/mol. The Bertz CT molecular complexity index is 451. The van der Waals surface area contributed by atoms with Crippen LogP contribution >= 0.6 is 24.8 Å². The summed E-state index contributed by atoms with van der Waals surface area (Å²) in [5.74, 6) is 2.09. The first-order valence-electron chi connectivity index (χ1n) is 8.79. The maximum absolute atomic E-state index is 5.52. The lowest BCUT2D eigenvalue weighted by Gasteiger charge is -2.34. The molecule has 3 heterocycles. The third-order valence-electron chi connectivity index (χ3n) is 4.87. The molecule has 6 nitrogen and oxygen atoms in total. The molecule has 1 atom stereocenters. The van der Waals surface area contributed by atoms with Crippen LogP contribution < -0.4 is 5.73 Å². The van der Waals surface area contributed by atoms with Gasteiger partial charge in [0.15, 0.2) is 5.82 Å². The summed E-state index contributed by atoms with van der Waals surface area (Å²) in [4.78, 5) is 9.47. The molecule has 2 aliphatic rings. The van der Waals surface area contributed by atoms with Crippen molar-refractivity contribution >= 4 is 24.8 Å². The molecule has 0 aliphatic carbocycles. The quantitative estimate of drug-likeness (QED) is 0.846. The van der Waals surface area contributed by atoms with Crippen molar-refractivity contribution in [3.63, 3.8) is 0 Å². The van der Waals surface area contributed by atoms with Crippen LogP contribution in [-0.4, -0.2) is 52.7 Å². The maximum atomic E-state index is 5.52. The van der Waals surface area contributed by atoms with E-state index in [1.165, 1.54) is 58.2 Å². The zero-order valence-corrected chi connectivity index (χ0v) is 16.0. The van der Waals surface area contributed by atoms with Gasteiger partial charge >= 0.3 is 0 Å². The summed E-state index contributed by atoms with van der Waals surface area (Å²) >= 11 is 0. The van der Waals surface area contributed by atoms with Gasteiger partial charge in [-0.3, -0.25) is 4.90 Å². The van der Waals surface area contributed by atoms with E-state index in [1.54, 1.807) is 0 Å². The van der Waals surface area contributed by atoms with Crippen molar-refractivity contribution in [2.75, 3.05) is 32.7 Å². The summed E-state index contributed by atoms with van der Waals surface area (Å²) in [5.41, 5.74) is 5.52. The van der Waals surface area contributed by atoms with Gasteiger partial charge in [0.25, 0.3) is 0 Å². The van der Waals surface area contributed by atoms with Crippen molar-refractivity contribution in [2.45, 2.75) is 51.6 Å². The second-order valence-corrected chi connectivity index (χ2v) is 6.77. The minimum atomic E-state index is 0. The molecular weight excluding hydrogens is 349 g/mol. The molecule has 0 aromatic carbocycles. The molecule has 0 amide bonds. The summed E-state index contributed by atoms with van der Waals surface area (Å²) in [6.45, 7) is 7.26. The number of hydrogen-bond donors (Lipinski definition) is 1. The number of halogens is 2. The van der Waals surface area contributed by atoms with E-state index >= 15 is 0 Å². The molecule has 24 heavy (non-hydrogen) atoms. The highest BCUT2D eigenvalue weighted by Gasteiger charge is 2.23. The largest absolute Gasteiger partial charge is 0.338 e. The Morgan fingerprint density at radius 1 is 1.00 bits per heavy atom. The van der Waals surface area contributed by atoms with Gasteiger partial charge in [-0.15, -0.1) is 24.8 Å². The Morgan fingerprint density at radius 3 is 2.38 bits per heavy atom. The number of nitrogens with two attached hydrogens (primary N) is 1. The lowest BCUT2D eigenvalue weighted by atomic mass is 9.97. The van der Waals surface area contributed by atoms with Crippen molar-refractivity contribution in [3.05, 3.63) is 11.7 Å². The molecule has 1 aromatic rings. The second kappa shape index (κ2) is 11.3. The highest BCUT2D eigenvalue weighted by atomic mass is 35.5. The molecule has 2 N–H and O–H groups in total. The molecule has 0 spiro atoms. The fraction of sp³-hybridized carbons (Fsp3) is 0.875. The first-order valence-corrected chi connectivity index (χ1v) is 8.79. The van der Waals surface area contributed by atoms with Crippen molar-refractivity contribution < 1.29 is 4.52 Å². The summed E-state index contributed by atoms with van der Waals surface area (Å²) in [5, 5.41) is 4.02. The fourth-order valence-electron chi connectivity index (χ4n) is 3.77. The Morgan fingerprint density at radius 2 is 1.71 bits per heavy atom. The molecule has 8 heteroatoms. The molecular formula is C16H31Cl2N5O. The van der Waals surface area contributed by atoms with E-state index in [0.29, 0.717) is 12.4 Å². The van der Waals surface area contributed by atoms with Crippen LogP contribution in [0, 0.1) is 5.92 Å². The van der Waals surface area contributed by atoms with E-state index < -0.39 is 0 Å². The lowest BCUT2D eigenvalue weighted by Crippen LogP contribution is -2.41. The van der Waals surface area contributed by atoms with Crippen LogP contribution in [0.4, 0.5) is 0 Å². The number of piperidine rings is 1. The van der Waals surface area contributed by atoms with E-state index in [-0.39, 0.29) is 24.8 Å². The van der Waals surface area contributed by atoms with Crippen molar-refractivity contribution in [3.8, 4) is 0 Å². The first-order chi connectivity index (χ1) is 10.8. The molecule has 2 fully saturated rings. The second-order valence-electron chi connectivity index (χ2n) is 6.77. The van der Waals surface area contributed by atoms with Crippen molar-refractivity contribution in [2.24, 2.45) is 11.7 Å². The van der Waals surface area contributed by atoms with Gasteiger partial charge in [0, 0.05) is 13.1 Å². The van der Waals surface area contributed by atoms with Crippen molar-refractivity contribution in [1.82, 2.24) is 19.9 Å². The summed E-state index contributed by atoms with van der Waals surface area (Å²) in [6.07, 6.45) is 8.21. The highest BCUT2D eigenvalue weighted by Crippen LogP contribution is 2.20. The molecule has 1 unspecified atom stereocenters. The van der Waals surface area contributed by atoms with Gasteiger partial charge < -0.3 is 15.2 Å². The van der Waals surface area contributed by atoms with Gasteiger partial charge in [-0.1, -0.05) is 18.0 Å². The van der Waals surface area contributed by atoms with Crippen LogP contribution in [0.3, 0.4) is 0 Å². The molecule has 3 rings (SSSR count). The topological polar surface area (TPSA) is 71.4 Å².